The second-order valence-corrected chi connectivity index (χ2v) is 4.25. The van der Waals surface area contributed by atoms with E-state index in [0.717, 1.165) is 38.8 Å². The summed E-state index contributed by atoms with van der Waals surface area (Å²) in [6.45, 7) is 3.58. The van der Waals surface area contributed by atoms with Gasteiger partial charge < -0.3 is 15.2 Å². The van der Waals surface area contributed by atoms with Crippen LogP contribution >= 0.6 is 0 Å². The molecule has 3 atom stereocenters. The van der Waals surface area contributed by atoms with Crippen molar-refractivity contribution in [1.82, 2.24) is 0 Å². The summed E-state index contributed by atoms with van der Waals surface area (Å²) in [6, 6.07) is 0.356. The van der Waals surface area contributed by atoms with E-state index in [1.807, 2.05) is 0 Å². The van der Waals surface area contributed by atoms with Gasteiger partial charge in [-0.05, 0) is 31.1 Å². The molecule has 2 fully saturated rings. The van der Waals surface area contributed by atoms with Crippen molar-refractivity contribution in [3.8, 4) is 0 Å². The zero-order valence-electron chi connectivity index (χ0n) is 8.08. The van der Waals surface area contributed by atoms with Crippen LogP contribution in [0.3, 0.4) is 0 Å². The molecule has 0 aliphatic carbocycles. The lowest BCUT2D eigenvalue weighted by Gasteiger charge is -2.30. The van der Waals surface area contributed by atoms with Gasteiger partial charge in [-0.15, -0.1) is 0 Å². The minimum atomic E-state index is 0.356. The molecule has 13 heavy (non-hydrogen) atoms. The maximum Gasteiger partial charge on any atom is 0.0509 e. The lowest BCUT2D eigenvalue weighted by Crippen LogP contribution is -2.39. The highest BCUT2D eigenvalue weighted by Gasteiger charge is 2.27. The van der Waals surface area contributed by atoms with Gasteiger partial charge in [0.05, 0.1) is 6.61 Å². The van der Waals surface area contributed by atoms with E-state index in [1.54, 1.807) is 0 Å². The largest absolute Gasteiger partial charge is 0.381 e. The normalized spacial score (nSPS) is 40.8. The second kappa shape index (κ2) is 4.40. The van der Waals surface area contributed by atoms with Crippen LogP contribution in [0.2, 0.25) is 0 Å². The van der Waals surface area contributed by atoms with Crippen molar-refractivity contribution in [2.45, 2.75) is 25.3 Å². The van der Waals surface area contributed by atoms with E-state index in [-0.39, 0.29) is 0 Å². The van der Waals surface area contributed by atoms with Crippen LogP contribution in [-0.2, 0) is 9.47 Å². The predicted molar refractivity (Wildman–Crippen MR) is 50.4 cm³/mol. The molecule has 0 radical (unpaired) electrons. The van der Waals surface area contributed by atoms with E-state index in [4.69, 9.17) is 15.2 Å². The van der Waals surface area contributed by atoms with E-state index in [2.05, 4.69) is 0 Å². The molecule has 76 valence electrons. The first-order valence-electron chi connectivity index (χ1n) is 5.27. The van der Waals surface area contributed by atoms with Crippen molar-refractivity contribution in [3.63, 3.8) is 0 Å². The van der Waals surface area contributed by atoms with Crippen molar-refractivity contribution in [3.05, 3.63) is 0 Å². The first-order valence-corrected chi connectivity index (χ1v) is 5.27. The average Bonchev–Trinajstić information content (AvgIpc) is 2.61. The summed E-state index contributed by atoms with van der Waals surface area (Å²) in [5, 5.41) is 0. The molecule has 2 aliphatic rings. The summed E-state index contributed by atoms with van der Waals surface area (Å²) in [4.78, 5) is 0. The second-order valence-electron chi connectivity index (χ2n) is 4.25. The molecular weight excluding hydrogens is 166 g/mol. The molecule has 3 heteroatoms. The highest BCUT2D eigenvalue weighted by atomic mass is 16.5. The summed E-state index contributed by atoms with van der Waals surface area (Å²) in [5.41, 5.74) is 6.04. The molecule has 2 aliphatic heterocycles. The van der Waals surface area contributed by atoms with E-state index >= 15 is 0 Å². The smallest absolute Gasteiger partial charge is 0.0509 e. The van der Waals surface area contributed by atoms with Gasteiger partial charge in [0.15, 0.2) is 0 Å². The zero-order valence-corrected chi connectivity index (χ0v) is 8.08. The fraction of sp³-hybridized carbons (Fsp3) is 1.00. The molecule has 2 saturated heterocycles. The summed E-state index contributed by atoms with van der Waals surface area (Å²) in [7, 11) is 0. The van der Waals surface area contributed by atoms with E-state index in [9.17, 15) is 0 Å². The third kappa shape index (κ3) is 2.42. The Morgan fingerprint density at radius 3 is 2.54 bits per heavy atom. The first-order chi connectivity index (χ1) is 6.36. The summed E-state index contributed by atoms with van der Waals surface area (Å²) in [6.07, 6.45) is 3.43. The van der Waals surface area contributed by atoms with Gasteiger partial charge in [-0.3, -0.25) is 0 Å². The topological polar surface area (TPSA) is 44.5 Å². The molecule has 3 nitrogen and oxygen atoms in total. The van der Waals surface area contributed by atoms with Gasteiger partial charge in [-0.1, -0.05) is 0 Å². The quantitative estimate of drug-likeness (QED) is 0.691. The molecular formula is C10H19NO2. The number of hydrogen-bond acceptors (Lipinski definition) is 3. The first kappa shape index (κ1) is 9.44. The number of hydrogen-bond donors (Lipinski definition) is 1. The Balaban J connectivity index is 1.78. The molecule has 2 heterocycles. The Hall–Kier alpha value is -0.120. The van der Waals surface area contributed by atoms with Crippen LogP contribution in [0.4, 0.5) is 0 Å². The lowest BCUT2D eigenvalue weighted by atomic mass is 9.87. The van der Waals surface area contributed by atoms with Gasteiger partial charge >= 0.3 is 0 Å². The molecule has 3 unspecified atom stereocenters. The standard InChI is InChI=1S/C10H19NO2/c11-10-2-4-13-7-9(10)5-8-1-3-12-6-8/h8-10H,1-7,11H2. The molecule has 2 rings (SSSR count). The molecule has 0 amide bonds. The monoisotopic (exact) mass is 185 g/mol. The average molecular weight is 185 g/mol. The number of ether oxygens (including phenoxy) is 2. The minimum Gasteiger partial charge on any atom is -0.381 e. The Bertz CT molecular complexity index is 157. The number of nitrogens with two attached hydrogens (primary N) is 1. The van der Waals surface area contributed by atoms with Gasteiger partial charge in [0.25, 0.3) is 0 Å². The summed E-state index contributed by atoms with van der Waals surface area (Å²) in [5.74, 6) is 1.30. The minimum absolute atomic E-state index is 0.356. The van der Waals surface area contributed by atoms with Gasteiger partial charge in [-0.25, -0.2) is 0 Å². The lowest BCUT2D eigenvalue weighted by molar-refractivity contribution is 0.0313. The van der Waals surface area contributed by atoms with Gasteiger partial charge in [0.1, 0.15) is 0 Å². The van der Waals surface area contributed by atoms with Crippen molar-refractivity contribution in [2.75, 3.05) is 26.4 Å². The van der Waals surface area contributed by atoms with Crippen molar-refractivity contribution in [2.24, 2.45) is 17.6 Å². The van der Waals surface area contributed by atoms with E-state index in [0.29, 0.717) is 12.0 Å². The van der Waals surface area contributed by atoms with Crippen molar-refractivity contribution >= 4 is 0 Å². The summed E-state index contributed by atoms with van der Waals surface area (Å²) < 4.78 is 10.8. The summed E-state index contributed by atoms with van der Waals surface area (Å²) >= 11 is 0. The van der Waals surface area contributed by atoms with Gasteiger partial charge in [0, 0.05) is 25.9 Å². The van der Waals surface area contributed by atoms with Crippen LogP contribution in [0.15, 0.2) is 0 Å². The molecule has 0 aromatic heterocycles. The van der Waals surface area contributed by atoms with Crippen LogP contribution in [0.5, 0.6) is 0 Å². The maximum atomic E-state index is 6.04. The van der Waals surface area contributed by atoms with Crippen LogP contribution in [-0.4, -0.2) is 32.5 Å². The molecule has 0 aromatic carbocycles. The van der Waals surface area contributed by atoms with Crippen molar-refractivity contribution in [1.29, 1.82) is 0 Å². The fourth-order valence-electron chi connectivity index (χ4n) is 2.25. The number of rotatable bonds is 2. The molecule has 0 spiro atoms. The predicted octanol–water partition coefficient (Wildman–Crippen LogP) is 0.777. The van der Waals surface area contributed by atoms with Crippen LogP contribution in [0.1, 0.15) is 19.3 Å². The molecule has 0 aromatic rings. The van der Waals surface area contributed by atoms with Crippen LogP contribution in [0, 0.1) is 11.8 Å². The molecule has 0 bridgehead atoms. The van der Waals surface area contributed by atoms with E-state index in [1.165, 1.54) is 12.8 Å². The highest BCUT2D eigenvalue weighted by Crippen LogP contribution is 2.25. The van der Waals surface area contributed by atoms with Crippen molar-refractivity contribution < 1.29 is 9.47 Å². The fourth-order valence-corrected chi connectivity index (χ4v) is 2.25. The Labute approximate surface area is 79.6 Å². The third-order valence-electron chi connectivity index (χ3n) is 3.19. The molecule has 0 saturated carbocycles. The Morgan fingerprint density at radius 2 is 1.85 bits per heavy atom. The van der Waals surface area contributed by atoms with Gasteiger partial charge in [-0.2, -0.15) is 0 Å². The van der Waals surface area contributed by atoms with E-state index < -0.39 is 0 Å². The maximum absolute atomic E-state index is 6.04. The van der Waals surface area contributed by atoms with Crippen LogP contribution in [0.25, 0.3) is 0 Å². The highest BCUT2D eigenvalue weighted by molar-refractivity contribution is 4.79. The van der Waals surface area contributed by atoms with Crippen LogP contribution < -0.4 is 5.73 Å². The third-order valence-corrected chi connectivity index (χ3v) is 3.19. The zero-order chi connectivity index (χ0) is 9.10. The Kier molecular flexibility index (Phi) is 3.19. The SMILES string of the molecule is NC1CCOCC1CC1CCOC1. The Morgan fingerprint density at radius 1 is 1.08 bits per heavy atom. The van der Waals surface area contributed by atoms with Gasteiger partial charge in [0.2, 0.25) is 0 Å². The molecule has 2 N–H and O–H groups in total.